The van der Waals surface area contributed by atoms with Crippen molar-refractivity contribution in [1.29, 1.82) is 0 Å². The minimum absolute atomic E-state index is 0.0478. The normalized spacial score (nSPS) is 15.2. The number of hydrogen-bond donors (Lipinski definition) is 1. The third-order valence-corrected chi connectivity index (χ3v) is 4.52. The number of benzene rings is 1. The summed E-state index contributed by atoms with van der Waals surface area (Å²) in [7, 11) is 2.13. The van der Waals surface area contributed by atoms with Gasteiger partial charge in [-0.2, -0.15) is 0 Å². The highest BCUT2D eigenvalue weighted by Crippen LogP contribution is 2.21. The quantitative estimate of drug-likeness (QED) is 0.923. The molecule has 1 fully saturated rings. The molecular formula is C19H25N5O. The fraction of sp³-hybridized carbons (Fsp3) is 0.421. The zero-order valence-corrected chi connectivity index (χ0v) is 15.1. The van der Waals surface area contributed by atoms with Gasteiger partial charge in [0, 0.05) is 26.2 Å². The van der Waals surface area contributed by atoms with Crippen molar-refractivity contribution in [3.8, 4) is 0 Å². The third-order valence-electron chi connectivity index (χ3n) is 4.52. The van der Waals surface area contributed by atoms with Crippen molar-refractivity contribution in [2.75, 3.05) is 43.4 Å². The molecule has 0 unspecified atom stereocenters. The number of aryl methyl sites for hydroxylation is 2. The average Bonchev–Trinajstić information content (AvgIpc) is 2.59. The van der Waals surface area contributed by atoms with Crippen LogP contribution in [0.2, 0.25) is 0 Å². The molecule has 3 rings (SSSR count). The smallest absolute Gasteiger partial charge is 0.228 e. The van der Waals surface area contributed by atoms with Gasteiger partial charge in [0.2, 0.25) is 11.9 Å². The lowest BCUT2D eigenvalue weighted by molar-refractivity contribution is -0.115. The van der Waals surface area contributed by atoms with Gasteiger partial charge in [0.15, 0.2) is 0 Å². The summed E-state index contributed by atoms with van der Waals surface area (Å²) in [4.78, 5) is 26.1. The van der Waals surface area contributed by atoms with E-state index in [1.165, 1.54) is 0 Å². The minimum atomic E-state index is -0.0478. The van der Waals surface area contributed by atoms with E-state index in [-0.39, 0.29) is 5.91 Å². The molecule has 6 heteroatoms. The molecule has 0 spiro atoms. The van der Waals surface area contributed by atoms with Crippen molar-refractivity contribution in [2.24, 2.45) is 0 Å². The summed E-state index contributed by atoms with van der Waals surface area (Å²) in [6.07, 6.45) is 0.347. The van der Waals surface area contributed by atoms with Crippen LogP contribution in [0.1, 0.15) is 17.0 Å². The van der Waals surface area contributed by atoms with Crippen LogP contribution in [0.4, 0.5) is 11.6 Å². The highest BCUT2D eigenvalue weighted by atomic mass is 16.1. The van der Waals surface area contributed by atoms with Crippen LogP contribution in [0.5, 0.6) is 0 Å². The van der Waals surface area contributed by atoms with E-state index >= 15 is 0 Å². The van der Waals surface area contributed by atoms with Crippen LogP contribution in [0.3, 0.4) is 0 Å². The van der Waals surface area contributed by atoms with Crippen LogP contribution < -0.4 is 10.2 Å². The number of rotatable bonds is 4. The second kappa shape index (κ2) is 7.61. The molecule has 6 nitrogen and oxygen atoms in total. The van der Waals surface area contributed by atoms with E-state index in [1.807, 2.05) is 44.2 Å². The van der Waals surface area contributed by atoms with E-state index in [2.05, 4.69) is 32.1 Å². The predicted molar refractivity (Wildman–Crippen MR) is 100.0 cm³/mol. The molecule has 1 aromatic heterocycles. The average molecular weight is 339 g/mol. The first-order valence-corrected chi connectivity index (χ1v) is 8.65. The number of piperazine rings is 1. The Labute approximate surface area is 148 Å². The van der Waals surface area contributed by atoms with Crippen LogP contribution >= 0.6 is 0 Å². The molecule has 0 atom stereocenters. The maximum atomic E-state index is 12.3. The first-order chi connectivity index (χ1) is 12.0. The molecule has 1 aromatic carbocycles. The fourth-order valence-corrected chi connectivity index (χ4v) is 2.99. The Morgan fingerprint density at radius 3 is 2.24 bits per heavy atom. The lowest BCUT2D eigenvalue weighted by Gasteiger charge is -2.32. The summed E-state index contributed by atoms with van der Waals surface area (Å²) >= 11 is 0. The van der Waals surface area contributed by atoms with Gasteiger partial charge >= 0.3 is 0 Å². The van der Waals surface area contributed by atoms with Gasteiger partial charge in [-0.25, -0.2) is 9.97 Å². The van der Waals surface area contributed by atoms with Crippen LogP contribution in [-0.2, 0) is 11.2 Å². The van der Waals surface area contributed by atoms with E-state index in [1.54, 1.807) is 0 Å². The summed E-state index contributed by atoms with van der Waals surface area (Å²) in [5.41, 5.74) is 3.33. The van der Waals surface area contributed by atoms with Crippen molar-refractivity contribution in [3.63, 3.8) is 0 Å². The fourth-order valence-electron chi connectivity index (χ4n) is 2.99. The Morgan fingerprint density at radius 1 is 1.04 bits per heavy atom. The molecule has 2 aromatic rings. The van der Waals surface area contributed by atoms with Gasteiger partial charge in [0.25, 0.3) is 0 Å². The van der Waals surface area contributed by atoms with Crippen LogP contribution in [0.25, 0.3) is 0 Å². The van der Waals surface area contributed by atoms with E-state index < -0.39 is 0 Å². The first-order valence-electron chi connectivity index (χ1n) is 8.65. The van der Waals surface area contributed by atoms with Crippen molar-refractivity contribution in [2.45, 2.75) is 20.3 Å². The Hall–Kier alpha value is -2.47. The number of anilines is 2. The highest BCUT2D eigenvalue weighted by molar-refractivity contribution is 5.93. The molecule has 25 heavy (non-hydrogen) atoms. The van der Waals surface area contributed by atoms with Gasteiger partial charge < -0.3 is 15.1 Å². The van der Waals surface area contributed by atoms with E-state index in [0.29, 0.717) is 6.42 Å². The van der Waals surface area contributed by atoms with E-state index in [0.717, 1.165) is 54.8 Å². The SMILES string of the molecule is Cc1nc(N2CCN(C)CC2)nc(C)c1NC(=O)Cc1ccccc1. The Morgan fingerprint density at radius 2 is 1.64 bits per heavy atom. The number of likely N-dealkylation sites (N-methyl/N-ethyl adjacent to an activating group) is 1. The Balaban J connectivity index is 1.71. The number of amides is 1. The van der Waals surface area contributed by atoms with Gasteiger partial charge in [-0.1, -0.05) is 30.3 Å². The van der Waals surface area contributed by atoms with Crippen LogP contribution in [0.15, 0.2) is 30.3 Å². The number of nitrogens with one attached hydrogen (secondary N) is 1. The molecule has 132 valence electrons. The summed E-state index contributed by atoms with van der Waals surface area (Å²) in [5.74, 6) is 0.706. The molecule has 1 saturated heterocycles. The second-order valence-corrected chi connectivity index (χ2v) is 6.57. The van der Waals surface area contributed by atoms with Crippen LogP contribution in [0, 0.1) is 13.8 Å². The summed E-state index contributed by atoms with van der Waals surface area (Å²) in [6.45, 7) is 7.72. The van der Waals surface area contributed by atoms with Crippen molar-refractivity contribution >= 4 is 17.5 Å². The minimum Gasteiger partial charge on any atom is -0.338 e. The van der Waals surface area contributed by atoms with E-state index in [4.69, 9.17) is 0 Å². The van der Waals surface area contributed by atoms with Crippen LogP contribution in [-0.4, -0.2) is 54.0 Å². The highest BCUT2D eigenvalue weighted by Gasteiger charge is 2.19. The number of aromatic nitrogens is 2. The van der Waals surface area contributed by atoms with Gasteiger partial charge in [-0.05, 0) is 26.5 Å². The molecule has 1 amide bonds. The molecule has 0 bridgehead atoms. The van der Waals surface area contributed by atoms with Crippen molar-refractivity contribution < 1.29 is 4.79 Å². The molecule has 0 aliphatic carbocycles. The van der Waals surface area contributed by atoms with Gasteiger partial charge in [-0.3, -0.25) is 4.79 Å². The molecule has 1 aliphatic heterocycles. The molecule has 2 heterocycles. The Kier molecular flexibility index (Phi) is 5.28. The predicted octanol–water partition coefficient (Wildman–Crippen LogP) is 2.03. The van der Waals surface area contributed by atoms with Gasteiger partial charge in [-0.15, -0.1) is 0 Å². The van der Waals surface area contributed by atoms with Gasteiger partial charge in [0.05, 0.1) is 23.5 Å². The molecule has 0 saturated carbocycles. The molecule has 1 aliphatic rings. The first kappa shape index (κ1) is 17.4. The summed E-state index contributed by atoms with van der Waals surface area (Å²) in [5, 5.41) is 2.97. The second-order valence-electron chi connectivity index (χ2n) is 6.57. The molecule has 0 radical (unpaired) electrons. The lowest BCUT2D eigenvalue weighted by atomic mass is 10.1. The molecule has 1 N–H and O–H groups in total. The summed E-state index contributed by atoms with van der Waals surface area (Å²) < 4.78 is 0. The van der Waals surface area contributed by atoms with Crippen molar-refractivity contribution in [3.05, 3.63) is 47.3 Å². The topological polar surface area (TPSA) is 61.4 Å². The third kappa shape index (κ3) is 4.33. The Bertz CT molecular complexity index is 716. The number of nitrogens with zero attached hydrogens (tertiary/aromatic N) is 4. The van der Waals surface area contributed by atoms with E-state index in [9.17, 15) is 4.79 Å². The lowest BCUT2D eigenvalue weighted by Crippen LogP contribution is -2.45. The summed E-state index contributed by atoms with van der Waals surface area (Å²) in [6, 6.07) is 9.72. The maximum Gasteiger partial charge on any atom is 0.228 e. The largest absolute Gasteiger partial charge is 0.338 e. The number of hydrogen-bond acceptors (Lipinski definition) is 5. The standard InChI is InChI=1S/C19H25N5O/c1-14-18(22-17(25)13-16-7-5-4-6-8-16)15(2)21-19(20-14)24-11-9-23(3)10-12-24/h4-8H,9-13H2,1-3H3,(H,22,25). The van der Waals surface area contributed by atoms with Crippen molar-refractivity contribution in [1.82, 2.24) is 14.9 Å². The zero-order valence-electron chi connectivity index (χ0n) is 15.1. The zero-order chi connectivity index (χ0) is 17.8. The monoisotopic (exact) mass is 339 g/mol. The number of carbonyl (C=O) groups is 1. The maximum absolute atomic E-state index is 12.3. The van der Waals surface area contributed by atoms with Gasteiger partial charge in [0.1, 0.15) is 0 Å². The molecular weight excluding hydrogens is 314 g/mol. The number of carbonyl (C=O) groups excluding carboxylic acids is 1.